The van der Waals surface area contributed by atoms with Crippen LogP contribution in [0, 0.1) is 0 Å². The van der Waals surface area contributed by atoms with Crippen LogP contribution in [0.25, 0.3) is 0 Å². The van der Waals surface area contributed by atoms with Crippen LogP contribution in [0.1, 0.15) is 50.2 Å². The van der Waals surface area contributed by atoms with Gasteiger partial charge in [0.1, 0.15) is 18.1 Å². The second-order valence-electron chi connectivity index (χ2n) is 4.85. The number of aromatic nitrogens is 3. The molecule has 0 saturated carbocycles. The highest BCUT2D eigenvalue weighted by atomic mass is 16.3. The van der Waals surface area contributed by atoms with E-state index >= 15 is 0 Å². The first-order chi connectivity index (χ1) is 9.78. The van der Waals surface area contributed by atoms with E-state index in [1.165, 1.54) is 5.56 Å². The molecule has 5 nitrogen and oxygen atoms in total. The minimum Gasteiger partial charge on any atom is -0.467 e. The van der Waals surface area contributed by atoms with Gasteiger partial charge in [0, 0.05) is 24.9 Å². The van der Waals surface area contributed by atoms with Gasteiger partial charge in [-0.15, -0.1) is 0 Å². The lowest BCUT2D eigenvalue weighted by Crippen LogP contribution is -2.15. The summed E-state index contributed by atoms with van der Waals surface area (Å²) in [6, 6.07) is 2.03. The Morgan fingerprint density at radius 3 is 2.80 bits per heavy atom. The number of nitrogens with one attached hydrogen (secondary N) is 1. The number of nitrogens with zero attached hydrogens (tertiary/aromatic N) is 3. The smallest absolute Gasteiger partial charge is 0.150 e. The molecule has 0 spiro atoms. The number of aryl methyl sites for hydroxylation is 2. The molecule has 0 fully saturated rings. The molecule has 0 aliphatic carbocycles. The Morgan fingerprint density at radius 1 is 1.25 bits per heavy atom. The van der Waals surface area contributed by atoms with Gasteiger partial charge in [-0.1, -0.05) is 20.8 Å². The van der Waals surface area contributed by atoms with E-state index in [9.17, 15) is 0 Å². The quantitative estimate of drug-likeness (QED) is 0.753. The van der Waals surface area contributed by atoms with Crippen molar-refractivity contribution in [1.82, 2.24) is 20.1 Å². The van der Waals surface area contributed by atoms with Crippen molar-refractivity contribution >= 4 is 0 Å². The summed E-state index contributed by atoms with van der Waals surface area (Å²) in [6.07, 6.45) is 4.64. The normalized spacial score (nSPS) is 11.2. The van der Waals surface area contributed by atoms with E-state index < -0.39 is 0 Å². The van der Waals surface area contributed by atoms with Crippen molar-refractivity contribution in [1.29, 1.82) is 0 Å². The van der Waals surface area contributed by atoms with Gasteiger partial charge in [0.05, 0.1) is 6.26 Å². The molecule has 20 heavy (non-hydrogen) atoms. The maximum absolute atomic E-state index is 5.61. The Hall–Kier alpha value is -1.62. The second kappa shape index (κ2) is 7.24. The highest BCUT2D eigenvalue weighted by molar-refractivity contribution is 5.17. The molecule has 0 saturated heterocycles. The van der Waals surface area contributed by atoms with Crippen molar-refractivity contribution in [2.45, 2.75) is 53.1 Å². The zero-order valence-electron chi connectivity index (χ0n) is 12.6. The third-order valence-electron chi connectivity index (χ3n) is 3.30. The fourth-order valence-electron chi connectivity index (χ4n) is 2.16. The molecule has 110 valence electrons. The maximum atomic E-state index is 5.61. The predicted octanol–water partition coefficient (Wildman–Crippen LogP) is 2.54. The average Bonchev–Trinajstić information content (AvgIpc) is 3.06. The summed E-state index contributed by atoms with van der Waals surface area (Å²) in [6.45, 7) is 8.87. The molecule has 0 atom stereocenters. The van der Waals surface area contributed by atoms with Crippen molar-refractivity contribution < 1.29 is 4.42 Å². The van der Waals surface area contributed by atoms with Crippen LogP contribution in [0.5, 0.6) is 0 Å². The minimum absolute atomic E-state index is 0.659. The second-order valence-corrected chi connectivity index (χ2v) is 4.85. The van der Waals surface area contributed by atoms with Crippen LogP contribution in [-0.4, -0.2) is 21.3 Å². The molecular formula is C15H24N4O. The molecule has 5 heteroatoms. The van der Waals surface area contributed by atoms with Gasteiger partial charge in [0.2, 0.25) is 0 Å². The van der Waals surface area contributed by atoms with E-state index in [-0.39, 0.29) is 0 Å². The molecule has 0 amide bonds. The van der Waals surface area contributed by atoms with Crippen molar-refractivity contribution in [3.8, 4) is 0 Å². The van der Waals surface area contributed by atoms with E-state index in [0.29, 0.717) is 6.54 Å². The highest BCUT2D eigenvalue weighted by Gasteiger charge is 2.12. The lowest BCUT2D eigenvalue weighted by Gasteiger charge is -2.06. The average molecular weight is 276 g/mol. The molecule has 0 aliphatic heterocycles. The first kappa shape index (κ1) is 14.8. The first-order valence-corrected chi connectivity index (χ1v) is 7.47. The van der Waals surface area contributed by atoms with Gasteiger partial charge in [0.15, 0.2) is 5.82 Å². The van der Waals surface area contributed by atoms with Crippen molar-refractivity contribution in [3.05, 3.63) is 35.3 Å². The summed E-state index contributed by atoms with van der Waals surface area (Å²) in [4.78, 5) is 4.53. The molecular weight excluding hydrogens is 252 g/mol. The van der Waals surface area contributed by atoms with E-state index in [0.717, 1.165) is 49.8 Å². The van der Waals surface area contributed by atoms with Crippen LogP contribution in [0.3, 0.4) is 0 Å². The van der Waals surface area contributed by atoms with Gasteiger partial charge in [-0.25, -0.2) is 9.67 Å². The van der Waals surface area contributed by atoms with Crippen LogP contribution in [-0.2, 0) is 25.9 Å². The molecule has 2 aromatic rings. The Kier molecular flexibility index (Phi) is 5.35. The third-order valence-corrected chi connectivity index (χ3v) is 3.30. The summed E-state index contributed by atoms with van der Waals surface area (Å²) in [5.74, 6) is 2.89. The SMILES string of the molecule is CCCNCc1ccoc1Cn1nc(CC)nc1CC. The van der Waals surface area contributed by atoms with Gasteiger partial charge < -0.3 is 9.73 Å². The van der Waals surface area contributed by atoms with Gasteiger partial charge in [0.25, 0.3) is 0 Å². The molecule has 0 aromatic carbocycles. The highest BCUT2D eigenvalue weighted by Crippen LogP contribution is 2.13. The number of furan rings is 1. The number of hydrogen-bond donors (Lipinski definition) is 1. The molecule has 0 aliphatic rings. The summed E-state index contributed by atoms with van der Waals surface area (Å²) >= 11 is 0. The Labute approximate surface area is 120 Å². The minimum atomic E-state index is 0.659. The van der Waals surface area contributed by atoms with Crippen LogP contribution in [0.2, 0.25) is 0 Å². The van der Waals surface area contributed by atoms with Crippen LogP contribution in [0.15, 0.2) is 16.7 Å². The topological polar surface area (TPSA) is 55.9 Å². The summed E-state index contributed by atoms with van der Waals surface area (Å²) in [5, 5.41) is 7.94. The fraction of sp³-hybridized carbons (Fsp3) is 0.600. The van der Waals surface area contributed by atoms with E-state index in [4.69, 9.17) is 4.42 Å². The van der Waals surface area contributed by atoms with Crippen LogP contribution >= 0.6 is 0 Å². The molecule has 0 unspecified atom stereocenters. The fourth-order valence-corrected chi connectivity index (χ4v) is 2.16. The van der Waals surface area contributed by atoms with Crippen LogP contribution in [0.4, 0.5) is 0 Å². The van der Waals surface area contributed by atoms with E-state index in [1.807, 2.05) is 10.7 Å². The van der Waals surface area contributed by atoms with Crippen molar-refractivity contribution in [3.63, 3.8) is 0 Å². The lowest BCUT2D eigenvalue weighted by molar-refractivity contribution is 0.465. The largest absolute Gasteiger partial charge is 0.467 e. The standard InChI is InChI=1S/C15H24N4O/c1-4-8-16-10-12-7-9-20-13(12)11-19-15(6-3)17-14(5-2)18-19/h7,9,16H,4-6,8,10-11H2,1-3H3. The third kappa shape index (κ3) is 3.48. The summed E-state index contributed by atoms with van der Waals surface area (Å²) < 4.78 is 7.57. The van der Waals surface area contributed by atoms with Crippen molar-refractivity contribution in [2.24, 2.45) is 0 Å². The van der Waals surface area contributed by atoms with E-state index in [1.54, 1.807) is 6.26 Å². The Morgan fingerprint density at radius 2 is 2.10 bits per heavy atom. The summed E-state index contributed by atoms with van der Waals surface area (Å²) in [5.41, 5.74) is 1.20. The number of rotatable bonds is 8. The Bertz CT molecular complexity index is 530. The lowest BCUT2D eigenvalue weighted by atomic mass is 10.2. The van der Waals surface area contributed by atoms with Gasteiger partial charge in [-0.2, -0.15) is 5.10 Å². The molecule has 2 heterocycles. The zero-order chi connectivity index (χ0) is 14.4. The molecule has 0 radical (unpaired) electrons. The zero-order valence-corrected chi connectivity index (χ0v) is 12.6. The molecule has 2 aromatic heterocycles. The predicted molar refractivity (Wildman–Crippen MR) is 78.6 cm³/mol. The van der Waals surface area contributed by atoms with Gasteiger partial charge >= 0.3 is 0 Å². The summed E-state index contributed by atoms with van der Waals surface area (Å²) in [7, 11) is 0. The van der Waals surface area contributed by atoms with Gasteiger partial charge in [-0.05, 0) is 19.0 Å². The van der Waals surface area contributed by atoms with Crippen molar-refractivity contribution in [2.75, 3.05) is 6.54 Å². The van der Waals surface area contributed by atoms with Gasteiger partial charge in [-0.3, -0.25) is 0 Å². The number of hydrogen-bond acceptors (Lipinski definition) is 4. The maximum Gasteiger partial charge on any atom is 0.150 e. The van der Waals surface area contributed by atoms with E-state index in [2.05, 4.69) is 36.2 Å². The molecule has 1 N–H and O–H groups in total. The van der Waals surface area contributed by atoms with Crippen LogP contribution < -0.4 is 5.32 Å². The monoisotopic (exact) mass is 276 g/mol. The first-order valence-electron chi connectivity index (χ1n) is 7.47. The Balaban J connectivity index is 2.09. The molecule has 2 rings (SSSR count). The molecule has 0 bridgehead atoms.